The van der Waals surface area contributed by atoms with Crippen molar-refractivity contribution in [2.75, 3.05) is 0 Å². The van der Waals surface area contributed by atoms with Gasteiger partial charge >= 0.3 is 0 Å². The molecular weight excluding hydrogens is 220 g/mol. The minimum atomic E-state index is -0.309. The third-order valence-electron chi connectivity index (χ3n) is 5.56. The highest BCUT2D eigenvalue weighted by Gasteiger charge is 2.43. The van der Waals surface area contributed by atoms with Gasteiger partial charge in [0.05, 0.1) is 5.60 Å². The summed E-state index contributed by atoms with van der Waals surface area (Å²) in [6.07, 6.45) is 16.9. The fraction of sp³-hybridized carbons (Fsp3) is 1.00. The summed E-state index contributed by atoms with van der Waals surface area (Å²) in [5.41, 5.74) is -0.309. The van der Waals surface area contributed by atoms with Crippen LogP contribution in [0.25, 0.3) is 0 Å². The highest BCUT2D eigenvalue weighted by molar-refractivity contribution is 4.94. The van der Waals surface area contributed by atoms with E-state index in [1.165, 1.54) is 77.0 Å². The second-order valence-electron chi connectivity index (χ2n) is 6.76. The monoisotopic (exact) mass is 252 g/mol. The molecule has 18 heavy (non-hydrogen) atoms. The lowest BCUT2D eigenvalue weighted by Crippen LogP contribution is -2.46. The van der Waals surface area contributed by atoms with Crippen LogP contribution in [0.5, 0.6) is 0 Å². The summed E-state index contributed by atoms with van der Waals surface area (Å²) in [5, 5.41) is 11.4. The van der Waals surface area contributed by atoms with Gasteiger partial charge in [-0.3, -0.25) is 0 Å². The molecule has 2 saturated carbocycles. The quantitative estimate of drug-likeness (QED) is 0.724. The predicted molar refractivity (Wildman–Crippen MR) is 77.6 cm³/mol. The number of unbranched alkanes of at least 4 members (excludes halogenated alkanes) is 1. The summed E-state index contributed by atoms with van der Waals surface area (Å²) < 4.78 is 0. The van der Waals surface area contributed by atoms with Gasteiger partial charge in [0.25, 0.3) is 0 Å². The fourth-order valence-electron chi connectivity index (χ4n) is 4.41. The van der Waals surface area contributed by atoms with Gasteiger partial charge in [-0.05, 0) is 43.9 Å². The molecule has 0 aromatic heterocycles. The molecule has 0 aromatic rings. The number of hydrogen-bond acceptors (Lipinski definition) is 1. The molecular formula is C17H32O. The first kappa shape index (κ1) is 14.4. The van der Waals surface area contributed by atoms with Gasteiger partial charge in [-0.15, -0.1) is 0 Å². The van der Waals surface area contributed by atoms with Crippen LogP contribution in [0, 0.1) is 11.8 Å². The molecule has 0 aromatic carbocycles. The average Bonchev–Trinajstić information content (AvgIpc) is 2.46. The van der Waals surface area contributed by atoms with E-state index in [0.29, 0.717) is 11.8 Å². The average molecular weight is 252 g/mol. The predicted octanol–water partition coefficient (Wildman–Crippen LogP) is 5.07. The molecule has 0 aliphatic heterocycles. The summed E-state index contributed by atoms with van der Waals surface area (Å²) in [7, 11) is 0. The summed E-state index contributed by atoms with van der Waals surface area (Å²) in [4.78, 5) is 0. The topological polar surface area (TPSA) is 20.2 Å². The third kappa shape index (κ3) is 3.29. The van der Waals surface area contributed by atoms with Crippen LogP contribution >= 0.6 is 0 Å². The van der Waals surface area contributed by atoms with Gasteiger partial charge in [0, 0.05) is 0 Å². The molecule has 0 radical (unpaired) electrons. The third-order valence-corrected chi connectivity index (χ3v) is 5.56. The highest BCUT2D eigenvalue weighted by atomic mass is 16.3. The van der Waals surface area contributed by atoms with Crippen molar-refractivity contribution in [3.05, 3.63) is 0 Å². The van der Waals surface area contributed by atoms with Crippen LogP contribution in [0.2, 0.25) is 0 Å². The maximum atomic E-state index is 11.4. The molecule has 0 heterocycles. The number of aliphatic hydroxyl groups is 1. The highest BCUT2D eigenvalue weighted by Crippen LogP contribution is 2.45. The first-order valence-electron chi connectivity index (χ1n) is 8.49. The molecule has 2 aliphatic rings. The Morgan fingerprint density at radius 2 is 1.28 bits per heavy atom. The maximum Gasteiger partial charge on any atom is 0.0703 e. The van der Waals surface area contributed by atoms with Gasteiger partial charge in [0.15, 0.2) is 0 Å². The van der Waals surface area contributed by atoms with E-state index in [-0.39, 0.29) is 5.60 Å². The molecule has 2 fully saturated rings. The van der Waals surface area contributed by atoms with Crippen molar-refractivity contribution in [1.82, 2.24) is 0 Å². The van der Waals surface area contributed by atoms with Crippen molar-refractivity contribution < 1.29 is 5.11 Å². The molecule has 0 amide bonds. The Morgan fingerprint density at radius 1 is 0.833 bits per heavy atom. The zero-order valence-electron chi connectivity index (χ0n) is 12.3. The Labute approximate surface area is 113 Å². The number of hydrogen-bond donors (Lipinski definition) is 1. The van der Waals surface area contributed by atoms with E-state index in [9.17, 15) is 5.11 Å². The lowest BCUT2D eigenvalue weighted by molar-refractivity contribution is -0.0987. The van der Waals surface area contributed by atoms with E-state index in [1.807, 2.05) is 0 Å². The zero-order chi connectivity index (χ0) is 12.8. The Hall–Kier alpha value is -0.0400. The smallest absolute Gasteiger partial charge is 0.0703 e. The molecule has 1 nitrogen and oxygen atoms in total. The van der Waals surface area contributed by atoms with Crippen LogP contribution in [-0.4, -0.2) is 10.7 Å². The summed E-state index contributed by atoms with van der Waals surface area (Å²) in [5.74, 6) is 1.22. The second kappa shape index (κ2) is 6.93. The summed E-state index contributed by atoms with van der Waals surface area (Å²) >= 11 is 0. The van der Waals surface area contributed by atoms with Gasteiger partial charge in [-0.1, -0.05) is 58.3 Å². The molecule has 0 unspecified atom stereocenters. The maximum absolute atomic E-state index is 11.4. The molecule has 0 atom stereocenters. The van der Waals surface area contributed by atoms with E-state index in [0.717, 1.165) is 6.42 Å². The standard InChI is InChI=1S/C17H32O/c1-2-3-14-17(18,15-10-6-4-7-11-15)16-12-8-5-9-13-16/h15-16,18H,2-14H2,1H3. The number of rotatable bonds is 5. The van der Waals surface area contributed by atoms with Crippen LogP contribution in [0.1, 0.15) is 90.4 Å². The normalized spacial score (nSPS) is 24.3. The van der Waals surface area contributed by atoms with Crippen molar-refractivity contribution in [1.29, 1.82) is 0 Å². The second-order valence-corrected chi connectivity index (χ2v) is 6.76. The summed E-state index contributed by atoms with van der Waals surface area (Å²) in [6, 6.07) is 0. The molecule has 2 aliphatic carbocycles. The first-order chi connectivity index (χ1) is 8.77. The van der Waals surface area contributed by atoms with Crippen molar-refractivity contribution >= 4 is 0 Å². The SMILES string of the molecule is CCCCC(O)(C1CCCCC1)C1CCCCC1. The fourth-order valence-corrected chi connectivity index (χ4v) is 4.41. The molecule has 0 bridgehead atoms. The molecule has 1 N–H and O–H groups in total. The van der Waals surface area contributed by atoms with Crippen molar-refractivity contribution in [2.45, 2.75) is 96.0 Å². The van der Waals surface area contributed by atoms with Gasteiger partial charge in [0.1, 0.15) is 0 Å². The Morgan fingerprint density at radius 3 is 1.67 bits per heavy atom. The van der Waals surface area contributed by atoms with Crippen molar-refractivity contribution in [3.63, 3.8) is 0 Å². The molecule has 1 heteroatoms. The Kier molecular flexibility index (Phi) is 5.54. The minimum Gasteiger partial charge on any atom is -0.389 e. The lowest BCUT2D eigenvalue weighted by Gasteiger charge is -2.46. The van der Waals surface area contributed by atoms with E-state index in [4.69, 9.17) is 0 Å². The lowest BCUT2D eigenvalue weighted by atomic mass is 9.64. The summed E-state index contributed by atoms with van der Waals surface area (Å²) in [6.45, 7) is 2.25. The first-order valence-corrected chi connectivity index (χ1v) is 8.49. The van der Waals surface area contributed by atoms with Crippen molar-refractivity contribution in [3.8, 4) is 0 Å². The molecule has 2 rings (SSSR count). The Balaban J connectivity index is 2.04. The van der Waals surface area contributed by atoms with Gasteiger partial charge < -0.3 is 5.11 Å². The van der Waals surface area contributed by atoms with Crippen LogP contribution < -0.4 is 0 Å². The van der Waals surface area contributed by atoms with Crippen LogP contribution in [0.15, 0.2) is 0 Å². The largest absolute Gasteiger partial charge is 0.389 e. The minimum absolute atomic E-state index is 0.309. The van der Waals surface area contributed by atoms with Gasteiger partial charge in [-0.2, -0.15) is 0 Å². The molecule has 0 saturated heterocycles. The van der Waals surface area contributed by atoms with E-state index in [1.54, 1.807) is 0 Å². The molecule has 106 valence electrons. The van der Waals surface area contributed by atoms with E-state index < -0.39 is 0 Å². The van der Waals surface area contributed by atoms with E-state index >= 15 is 0 Å². The Bertz CT molecular complexity index is 206. The zero-order valence-corrected chi connectivity index (χ0v) is 12.3. The van der Waals surface area contributed by atoms with Crippen LogP contribution in [0.3, 0.4) is 0 Å². The van der Waals surface area contributed by atoms with Crippen LogP contribution in [0.4, 0.5) is 0 Å². The van der Waals surface area contributed by atoms with Gasteiger partial charge in [-0.25, -0.2) is 0 Å². The molecule has 0 spiro atoms. The van der Waals surface area contributed by atoms with Crippen LogP contribution in [-0.2, 0) is 0 Å². The van der Waals surface area contributed by atoms with Gasteiger partial charge in [0.2, 0.25) is 0 Å². The van der Waals surface area contributed by atoms with Crippen molar-refractivity contribution in [2.24, 2.45) is 11.8 Å². The van der Waals surface area contributed by atoms with E-state index in [2.05, 4.69) is 6.92 Å².